The van der Waals surface area contributed by atoms with E-state index in [1.165, 1.54) is 31.7 Å². The van der Waals surface area contributed by atoms with Gasteiger partial charge in [0.1, 0.15) is 5.82 Å². The van der Waals surface area contributed by atoms with Crippen molar-refractivity contribution in [1.29, 1.82) is 0 Å². The molecule has 1 saturated carbocycles. The summed E-state index contributed by atoms with van der Waals surface area (Å²) in [6, 6.07) is 5.46. The molecule has 1 aromatic carbocycles. The third-order valence-electron chi connectivity index (χ3n) is 3.79. The van der Waals surface area contributed by atoms with Gasteiger partial charge in [-0.2, -0.15) is 0 Å². The molecule has 1 aliphatic carbocycles. The van der Waals surface area contributed by atoms with Gasteiger partial charge >= 0.3 is 0 Å². The lowest BCUT2D eigenvalue weighted by atomic mass is 9.84. The van der Waals surface area contributed by atoms with Crippen LogP contribution in [0.3, 0.4) is 0 Å². The van der Waals surface area contributed by atoms with E-state index in [-0.39, 0.29) is 5.82 Å². The quantitative estimate of drug-likeness (QED) is 0.701. The van der Waals surface area contributed by atoms with Crippen LogP contribution in [0.1, 0.15) is 25.7 Å². The summed E-state index contributed by atoms with van der Waals surface area (Å²) in [5, 5.41) is 6.92. The number of rotatable bonds is 0. The van der Waals surface area contributed by atoms with Crippen molar-refractivity contribution in [3.8, 4) is 0 Å². The van der Waals surface area contributed by atoms with Crippen molar-refractivity contribution in [1.82, 2.24) is 0 Å². The van der Waals surface area contributed by atoms with Crippen LogP contribution in [-0.2, 0) is 0 Å². The maximum Gasteiger partial charge on any atom is 0.125 e. The van der Waals surface area contributed by atoms with E-state index >= 15 is 0 Å². The number of fused-ring (bicyclic) bond motifs is 2. The lowest BCUT2D eigenvalue weighted by molar-refractivity contribution is 0.342. The van der Waals surface area contributed by atoms with E-state index < -0.39 is 0 Å². The van der Waals surface area contributed by atoms with E-state index in [9.17, 15) is 4.39 Å². The van der Waals surface area contributed by atoms with Gasteiger partial charge in [0.25, 0.3) is 0 Å². The summed E-state index contributed by atoms with van der Waals surface area (Å²) in [5.41, 5.74) is 1.96. The Hall–Kier alpha value is -1.25. The Morgan fingerprint density at radius 1 is 1.12 bits per heavy atom. The van der Waals surface area contributed by atoms with Crippen molar-refractivity contribution in [3.05, 3.63) is 24.0 Å². The molecule has 0 amide bonds. The summed E-state index contributed by atoms with van der Waals surface area (Å²) in [6.07, 6.45) is 5.11. The van der Waals surface area contributed by atoms with E-state index in [0.29, 0.717) is 12.0 Å². The van der Waals surface area contributed by atoms with E-state index in [0.717, 1.165) is 17.9 Å². The molecule has 2 atom stereocenters. The van der Waals surface area contributed by atoms with Gasteiger partial charge in [-0.15, -0.1) is 0 Å². The third-order valence-corrected chi connectivity index (χ3v) is 3.79. The molecule has 1 aliphatic heterocycles. The lowest BCUT2D eigenvalue weighted by Crippen LogP contribution is -2.34. The highest BCUT2D eigenvalue weighted by Crippen LogP contribution is 2.34. The molecule has 3 heteroatoms. The normalized spacial score (nSPS) is 28.1. The Morgan fingerprint density at radius 2 is 2.00 bits per heavy atom. The molecule has 0 bridgehead atoms. The Morgan fingerprint density at radius 3 is 2.94 bits per heavy atom. The molecule has 86 valence electrons. The van der Waals surface area contributed by atoms with Crippen molar-refractivity contribution < 1.29 is 4.39 Å². The largest absolute Gasteiger partial charge is 0.383 e. The lowest BCUT2D eigenvalue weighted by Gasteiger charge is -2.30. The first-order valence-corrected chi connectivity index (χ1v) is 6.13. The van der Waals surface area contributed by atoms with Gasteiger partial charge in [0.15, 0.2) is 0 Å². The van der Waals surface area contributed by atoms with Crippen LogP contribution < -0.4 is 10.6 Å². The molecule has 0 spiro atoms. The maximum absolute atomic E-state index is 13.2. The minimum absolute atomic E-state index is 0.165. The number of nitrogens with one attached hydrogen (secondary N) is 2. The average Bonchev–Trinajstić information content (AvgIpc) is 2.47. The molecule has 2 unspecified atom stereocenters. The van der Waals surface area contributed by atoms with Crippen LogP contribution in [0.2, 0.25) is 0 Å². The van der Waals surface area contributed by atoms with E-state index in [2.05, 4.69) is 10.6 Å². The van der Waals surface area contributed by atoms with Gasteiger partial charge < -0.3 is 10.6 Å². The van der Waals surface area contributed by atoms with Crippen LogP contribution in [-0.4, -0.2) is 12.6 Å². The zero-order valence-electron chi connectivity index (χ0n) is 9.30. The number of anilines is 2. The molecule has 1 aromatic rings. The highest BCUT2D eigenvalue weighted by molar-refractivity contribution is 5.70. The van der Waals surface area contributed by atoms with Crippen molar-refractivity contribution in [2.75, 3.05) is 17.2 Å². The Bertz CT molecular complexity index is 392. The van der Waals surface area contributed by atoms with Crippen LogP contribution in [0.5, 0.6) is 0 Å². The summed E-state index contributed by atoms with van der Waals surface area (Å²) < 4.78 is 13.2. The van der Waals surface area contributed by atoms with Crippen LogP contribution >= 0.6 is 0 Å². The molecule has 0 aromatic heterocycles. The summed E-state index contributed by atoms with van der Waals surface area (Å²) in [4.78, 5) is 0. The summed E-state index contributed by atoms with van der Waals surface area (Å²) >= 11 is 0. The zero-order chi connectivity index (χ0) is 11.0. The van der Waals surface area contributed by atoms with Crippen LogP contribution in [0.4, 0.5) is 15.8 Å². The topological polar surface area (TPSA) is 24.1 Å². The van der Waals surface area contributed by atoms with Crippen molar-refractivity contribution in [3.63, 3.8) is 0 Å². The highest BCUT2D eigenvalue weighted by Gasteiger charge is 2.27. The van der Waals surface area contributed by atoms with Crippen LogP contribution in [0.15, 0.2) is 18.2 Å². The minimum Gasteiger partial charge on any atom is -0.383 e. The van der Waals surface area contributed by atoms with Crippen LogP contribution in [0, 0.1) is 11.7 Å². The van der Waals surface area contributed by atoms with Gasteiger partial charge in [0.05, 0.1) is 11.4 Å². The fraction of sp³-hybridized carbons (Fsp3) is 0.538. The number of benzene rings is 1. The predicted molar refractivity (Wildman–Crippen MR) is 64.3 cm³/mol. The second-order valence-corrected chi connectivity index (χ2v) is 4.87. The molecule has 16 heavy (non-hydrogen) atoms. The SMILES string of the molecule is Fc1ccc2c(c1)NC1CCCCC1CN2. The minimum atomic E-state index is -0.165. The van der Waals surface area contributed by atoms with Crippen molar-refractivity contribution in [2.24, 2.45) is 5.92 Å². The number of hydrogen-bond donors (Lipinski definition) is 2. The molecule has 2 aliphatic rings. The van der Waals surface area contributed by atoms with Gasteiger partial charge in [-0.05, 0) is 37.0 Å². The van der Waals surface area contributed by atoms with E-state index in [1.54, 1.807) is 6.07 Å². The fourth-order valence-corrected chi connectivity index (χ4v) is 2.87. The number of hydrogen-bond acceptors (Lipinski definition) is 2. The number of halogens is 1. The highest BCUT2D eigenvalue weighted by atomic mass is 19.1. The van der Waals surface area contributed by atoms with Crippen LogP contribution in [0.25, 0.3) is 0 Å². The summed E-state index contributed by atoms with van der Waals surface area (Å²) in [7, 11) is 0. The molecule has 3 rings (SSSR count). The molecule has 2 N–H and O–H groups in total. The monoisotopic (exact) mass is 220 g/mol. The fourth-order valence-electron chi connectivity index (χ4n) is 2.87. The average molecular weight is 220 g/mol. The molecule has 2 nitrogen and oxygen atoms in total. The predicted octanol–water partition coefficient (Wildman–Crippen LogP) is 3.22. The van der Waals surface area contributed by atoms with E-state index in [4.69, 9.17) is 0 Å². The second-order valence-electron chi connectivity index (χ2n) is 4.87. The smallest absolute Gasteiger partial charge is 0.125 e. The van der Waals surface area contributed by atoms with Gasteiger partial charge in [0.2, 0.25) is 0 Å². The molecular formula is C13H17FN2. The Balaban J connectivity index is 1.90. The summed E-state index contributed by atoms with van der Waals surface area (Å²) in [5.74, 6) is 0.520. The van der Waals surface area contributed by atoms with Crippen molar-refractivity contribution in [2.45, 2.75) is 31.7 Å². The third kappa shape index (κ3) is 1.75. The first kappa shape index (κ1) is 9.94. The first-order valence-electron chi connectivity index (χ1n) is 6.13. The van der Waals surface area contributed by atoms with Gasteiger partial charge in [-0.3, -0.25) is 0 Å². The molecule has 0 radical (unpaired) electrons. The molecule has 1 fully saturated rings. The summed E-state index contributed by atoms with van der Waals surface area (Å²) in [6.45, 7) is 1.01. The maximum atomic E-state index is 13.2. The van der Waals surface area contributed by atoms with Gasteiger partial charge in [-0.25, -0.2) is 4.39 Å². The second kappa shape index (κ2) is 3.96. The molecule has 0 saturated heterocycles. The van der Waals surface area contributed by atoms with Gasteiger partial charge in [0, 0.05) is 12.6 Å². The van der Waals surface area contributed by atoms with Crippen molar-refractivity contribution >= 4 is 11.4 Å². The van der Waals surface area contributed by atoms with E-state index in [1.807, 2.05) is 6.07 Å². The molecule has 1 heterocycles. The standard InChI is InChI=1S/C13H17FN2/c14-10-5-6-12-13(7-10)16-11-4-2-1-3-9(11)8-15-12/h5-7,9,11,15-16H,1-4,8H2. The first-order chi connectivity index (χ1) is 7.83. The zero-order valence-corrected chi connectivity index (χ0v) is 9.30. The Labute approximate surface area is 95.2 Å². The van der Waals surface area contributed by atoms with Gasteiger partial charge in [-0.1, -0.05) is 12.8 Å². The molecular weight excluding hydrogens is 203 g/mol. The Kier molecular flexibility index (Phi) is 2.46.